The third-order valence-corrected chi connectivity index (χ3v) is 5.24. The van der Waals surface area contributed by atoms with E-state index in [9.17, 15) is 5.11 Å². The van der Waals surface area contributed by atoms with Crippen molar-refractivity contribution in [3.63, 3.8) is 0 Å². The van der Waals surface area contributed by atoms with Gasteiger partial charge in [0.25, 0.3) is 0 Å². The van der Waals surface area contributed by atoms with Crippen LogP contribution in [0, 0.1) is 5.92 Å². The minimum atomic E-state index is -0.168. The van der Waals surface area contributed by atoms with Crippen LogP contribution in [-0.4, -0.2) is 54.9 Å². The maximum Gasteiger partial charge on any atom is 0.0720 e. The van der Waals surface area contributed by atoms with Crippen LogP contribution in [0.1, 0.15) is 31.2 Å². The van der Waals surface area contributed by atoms with Gasteiger partial charge >= 0.3 is 0 Å². The summed E-state index contributed by atoms with van der Waals surface area (Å²) in [4.78, 5) is 2.41. The summed E-state index contributed by atoms with van der Waals surface area (Å²) in [6.07, 6.45) is 4.56. The van der Waals surface area contributed by atoms with Gasteiger partial charge < -0.3 is 20.1 Å². The van der Waals surface area contributed by atoms with Gasteiger partial charge in [-0.15, -0.1) is 0 Å². The number of hydrogen-bond acceptors (Lipinski definition) is 4. The summed E-state index contributed by atoms with van der Waals surface area (Å²) in [6, 6.07) is 10.4. The molecule has 2 N–H and O–H groups in total. The topological polar surface area (TPSA) is 44.7 Å². The van der Waals surface area contributed by atoms with Crippen LogP contribution in [-0.2, 0) is 11.3 Å². The number of likely N-dealkylation sites (tertiary alicyclic amines) is 1. The Bertz CT molecular complexity index is 440. The molecule has 128 valence electrons. The third-order valence-electron chi connectivity index (χ3n) is 5.24. The monoisotopic (exact) mass is 318 g/mol. The van der Waals surface area contributed by atoms with E-state index in [-0.39, 0.29) is 6.10 Å². The number of piperidine rings is 2. The highest BCUT2D eigenvalue weighted by atomic mass is 16.5. The summed E-state index contributed by atoms with van der Waals surface area (Å²) in [5.41, 5.74) is 1.25. The first-order valence-corrected chi connectivity index (χ1v) is 9.08. The molecule has 23 heavy (non-hydrogen) atoms. The molecule has 2 aliphatic heterocycles. The van der Waals surface area contributed by atoms with Gasteiger partial charge in [0.15, 0.2) is 0 Å². The maximum absolute atomic E-state index is 10.4. The smallest absolute Gasteiger partial charge is 0.0720 e. The van der Waals surface area contributed by atoms with Gasteiger partial charge in [0, 0.05) is 19.6 Å². The molecule has 4 nitrogen and oxygen atoms in total. The summed E-state index contributed by atoms with van der Waals surface area (Å²) in [5.74, 6) is 0.475. The second kappa shape index (κ2) is 8.78. The largest absolute Gasteiger partial charge is 0.392 e. The van der Waals surface area contributed by atoms with Gasteiger partial charge in [-0.3, -0.25) is 0 Å². The molecule has 0 aliphatic carbocycles. The van der Waals surface area contributed by atoms with Crippen LogP contribution in [0.25, 0.3) is 0 Å². The van der Waals surface area contributed by atoms with E-state index in [0.717, 1.165) is 58.4 Å². The molecule has 0 bridgehead atoms. The molecule has 0 saturated carbocycles. The second-order valence-corrected chi connectivity index (χ2v) is 6.95. The number of hydrogen-bond donors (Lipinski definition) is 2. The lowest BCUT2D eigenvalue weighted by molar-refractivity contribution is -0.0182. The Kier molecular flexibility index (Phi) is 6.46. The van der Waals surface area contributed by atoms with E-state index >= 15 is 0 Å². The first-order chi connectivity index (χ1) is 11.3. The van der Waals surface area contributed by atoms with Gasteiger partial charge in [0.2, 0.25) is 0 Å². The molecule has 3 rings (SSSR count). The van der Waals surface area contributed by atoms with Gasteiger partial charge in [-0.2, -0.15) is 0 Å². The predicted octanol–water partition coefficient (Wildman–Crippen LogP) is 2.03. The highest BCUT2D eigenvalue weighted by Crippen LogP contribution is 2.20. The Balaban J connectivity index is 1.35. The molecule has 2 saturated heterocycles. The van der Waals surface area contributed by atoms with E-state index in [4.69, 9.17) is 4.74 Å². The number of β-amino-alcohol motifs (C(OH)–C–C–N with tert-alkyl or cyclic N) is 1. The number of nitrogens with zero attached hydrogens (tertiary/aromatic N) is 1. The fraction of sp³-hybridized carbons (Fsp3) is 0.684. The zero-order valence-corrected chi connectivity index (χ0v) is 14.0. The quantitative estimate of drug-likeness (QED) is 0.842. The van der Waals surface area contributed by atoms with Crippen molar-refractivity contribution in [2.24, 2.45) is 5.92 Å². The molecule has 0 spiro atoms. The Hall–Kier alpha value is -0.940. The molecule has 1 atom stereocenters. The van der Waals surface area contributed by atoms with Crippen molar-refractivity contribution in [1.29, 1.82) is 0 Å². The van der Waals surface area contributed by atoms with E-state index in [2.05, 4.69) is 34.5 Å². The van der Waals surface area contributed by atoms with Gasteiger partial charge in [-0.05, 0) is 50.3 Å². The lowest BCUT2D eigenvalue weighted by Crippen LogP contribution is -2.44. The highest BCUT2D eigenvalue weighted by molar-refractivity contribution is 5.13. The summed E-state index contributed by atoms with van der Waals surface area (Å²) in [5, 5.41) is 13.8. The predicted molar refractivity (Wildman–Crippen MR) is 92.3 cm³/mol. The zero-order chi connectivity index (χ0) is 15.9. The number of aliphatic hydroxyl groups is 1. The normalized spacial score (nSPS) is 23.0. The zero-order valence-electron chi connectivity index (χ0n) is 14.0. The number of ether oxygens (including phenoxy) is 1. The molecule has 0 radical (unpaired) electrons. The molecular formula is C19H30N2O2. The Morgan fingerprint density at radius 1 is 1.09 bits per heavy atom. The fourth-order valence-corrected chi connectivity index (χ4v) is 3.69. The molecule has 2 aliphatic rings. The molecule has 1 unspecified atom stereocenters. The van der Waals surface area contributed by atoms with Crippen molar-refractivity contribution in [2.75, 3.05) is 32.7 Å². The van der Waals surface area contributed by atoms with Crippen LogP contribution in [0.5, 0.6) is 0 Å². The van der Waals surface area contributed by atoms with Crippen LogP contribution >= 0.6 is 0 Å². The second-order valence-electron chi connectivity index (χ2n) is 6.95. The number of benzene rings is 1. The maximum atomic E-state index is 10.4. The first kappa shape index (κ1) is 16.9. The van der Waals surface area contributed by atoms with Crippen LogP contribution in [0.4, 0.5) is 0 Å². The summed E-state index contributed by atoms with van der Waals surface area (Å²) in [7, 11) is 0. The Morgan fingerprint density at radius 3 is 2.48 bits per heavy atom. The van der Waals surface area contributed by atoms with E-state index in [0.29, 0.717) is 18.6 Å². The standard InChI is InChI=1S/C19H30N2O2/c22-19(17-6-10-20-11-7-17)14-21-12-8-18(9-13-21)23-15-16-4-2-1-3-5-16/h1-5,17-20,22H,6-15H2. The number of aliphatic hydroxyl groups excluding tert-OH is 1. The van der Waals surface area contributed by atoms with Crippen LogP contribution < -0.4 is 5.32 Å². The first-order valence-electron chi connectivity index (χ1n) is 9.08. The van der Waals surface area contributed by atoms with Crippen molar-refractivity contribution >= 4 is 0 Å². The summed E-state index contributed by atoms with van der Waals surface area (Å²) in [6.45, 7) is 5.73. The minimum Gasteiger partial charge on any atom is -0.392 e. The van der Waals surface area contributed by atoms with E-state index in [1.807, 2.05) is 6.07 Å². The molecule has 2 fully saturated rings. The average molecular weight is 318 g/mol. The Labute approximate surface area is 139 Å². The van der Waals surface area contributed by atoms with Gasteiger partial charge in [0.05, 0.1) is 18.8 Å². The van der Waals surface area contributed by atoms with E-state index in [1.54, 1.807) is 0 Å². The van der Waals surface area contributed by atoms with Crippen molar-refractivity contribution in [2.45, 2.75) is 44.5 Å². The van der Waals surface area contributed by atoms with Crippen molar-refractivity contribution in [3.05, 3.63) is 35.9 Å². The molecule has 1 aromatic rings. The van der Waals surface area contributed by atoms with Crippen LogP contribution in [0.3, 0.4) is 0 Å². The molecule has 4 heteroatoms. The van der Waals surface area contributed by atoms with Crippen molar-refractivity contribution in [3.8, 4) is 0 Å². The number of nitrogens with one attached hydrogen (secondary N) is 1. The average Bonchev–Trinajstić information content (AvgIpc) is 2.63. The highest BCUT2D eigenvalue weighted by Gasteiger charge is 2.26. The van der Waals surface area contributed by atoms with Gasteiger partial charge in [-0.25, -0.2) is 0 Å². The van der Waals surface area contributed by atoms with Crippen LogP contribution in [0.2, 0.25) is 0 Å². The van der Waals surface area contributed by atoms with E-state index in [1.165, 1.54) is 5.56 Å². The SMILES string of the molecule is OC(CN1CCC(OCc2ccccc2)CC1)C1CCNCC1. The number of rotatable bonds is 6. The molecular weight excluding hydrogens is 288 g/mol. The molecule has 1 aromatic carbocycles. The fourth-order valence-electron chi connectivity index (χ4n) is 3.69. The van der Waals surface area contributed by atoms with Crippen LogP contribution in [0.15, 0.2) is 30.3 Å². The summed E-state index contributed by atoms with van der Waals surface area (Å²) >= 11 is 0. The Morgan fingerprint density at radius 2 is 1.78 bits per heavy atom. The molecule has 2 heterocycles. The minimum absolute atomic E-state index is 0.168. The lowest BCUT2D eigenvalue weighted by atomic mass is 9.91. The summed E-state index contributed by atoms with van der Waals surface area (Å²) < 4.78 is 6.04. The van der Waals surface area contributed by atoms with Gasteiger partial charge in [0.1, 0.15) is 0 Å². The van der Waals surface area contributed by atoms with Crippen molar-refractivity contribution < 1.29 is 9.84 Å². The van der Waals surface area contributed by atoms with Crippen molar-refractivity contribution in [1.82, 2.24) is 10.2 Å². The third kappa shape index (κ3) is 5.28. The van der Waals surface area contributed by atoms with E-state index < -0.39 is 0 Å². The van der Waals surface area contributed by atoms with Gasteiger partial charge in [-0.1, -0.05) is 30.3 Å². The molecule has 0 aromatic heterocycles. The lowest BCUT2D eigenvalue weighted by Gasteiger charge is -2.35. The molecule has 0 amide bonds.